The van der Waals surface area contributed by atoms with Gasteiger partial charge in [0.1, 0.15) is 5.60 Å². The zero-order chi connectivity index (χ0) is 13.6. The third kappa shape index (κ3) is 3.94. The Morgan fingerprint density at radius 3 is 2.39 bits per heavy atom. The highest BCUT2D eigenvalue weighted by Crippen LogP contribution is 2.43. The Morgan fingerprint density at radius 1 is 1.28 bits per heavy atom. The lowest BCUT2D eigenvalue weighted by molar-refractivity contribution is -0.152. The van der Waals surface area contributed by atoms with Gasteiger partial charge in [-0.1, -0.05) is 19.9 Å². The van der Waals surface area contributed by atoms with Gasteiger partial charge in [-0.25, -0.2) is 0 Å². The number of unbranched alkanes of at least 4 members (excludes halogenated alkanes) is 1. The molecule has 0 saturated heterocycles. The predicted octanol–water partition coefficient (Wildman–Crippen LogP) is 4.29. The quantitative estimate of drug-likeness (QED) is 0.499. The number of ketones is 1. The fraction of sp³-hybridized carbons (Fsp3) is 0.812. The SMILES string of the molecule is C=CCCCC(=O)C1(OCC)CCC(C)(C)CC1. The van der Waals surface area contributed by atoms with Gasteiger partial charge in [-0.15, -0.1) is 6.58 Å². The number of carbonyl (C=O) groups is 1. The lowest BCUT2D eigenvalue weighted by atomic mass is 9.69. The van der Waals surface area contributed by atoms with E-state index in [1.165, 1.54) is 0 Å². The van der Waals surface area contributed by atoms with Gasteiger partial charge in [-0.05, 0) is 50.9 Å². The van der Waals surface area contributed by atoms with Gasteiger partial charge < -0.3 is 4.74 Å². The summed E-state index contributed by atoms with van der Waals surface area (Å²) >= 11 is 0. The van der Waals surface area contributed by atoms with Crippen molar-refractivity contribution in [2.45, 2.75) is 71.3 Å². The fourth-order valence-corrected chi connectivity index (χ4v) is 2.75. The molecule has 0 atom stereocenters. The molecule has 0 aliphatic heterocycles. The monoisotopic (exact) mass is 252 g/mol. The first-order valence-corrected chi connectivity index (χ1v) is 7.24. The Bertz CT molecular complexity index is 281. The first kappa shape index (κ1) is 15.4. The minimum absolute atomic E-state index is 0.307. The first-order valence-electron chi connectivity index (χ1n) is 7.24. The van der Waals surface area contributed by atoms with E-state index in [4.69, 9.17) is 4.74 Å². The Morgan fingerprint density at radius 2 is 1.89 bits per heavy atom. The molecule has 1 aliphatic rings. The highest BCUT2D eigenvalue weighted by molar-refractivity contribution is 5.87. The third-order valence-corrected chi connectivity index (χ3v) is 4.15. The van der Waals surface area contributed by atoms with E-state index in [-0.39, 0.29) is 0 Å². The summed E-state index contributed by atoms with van der Waals surface area (Å²) in [5.41, 5.74) is -0.118. The summed E-state index contributed by atoms with van der Waals surface area (Å²) in [6.45, 7) is 10.9. The average molecular weight is 252 g/mol. The molecule has 2 heteroatoms. The van der Waals surface area contributed by atoms with Crippen molar-refractivity contribution in [3.63, 3.8) is 0 Å². The van der Waals surface area contributed by atoms with Crippen LogP contribution in [0.15, 0.2) is 12.7 Å². The van der Waals surface area contributed by atoms with Crippen LogP contribution in [0.3, 0.4) is 0 Å². The topological polar surface area (TPSA) is 26.3 Å². The van der Waals surface area contributed by atoms with Gasteiger partial charge in [0.2, 0.25) is 0 Å². The van der Waals surface area contributed by atoms with E-state index in [0.717, 1.165) is 38.5 Å². The molecule has 0 bridgehead atoms. The van der Waals surface area contributed by atoms with Crippen LogP contribution in [0.4, 0.5) is 0 Å². The van der Waals surface area contributed by atoms with Gasteiger partial charge in [0.05, 0.1) is 0 Å². The number of hydrogen-bond acceptors (Lipinski definition) is 2. The standard InChI is InChI=1S/C16H28O2/c1-5-7-8-9-14(17)16(18-6-2)12-10-15(3,4)11-13-16/h5H,1,6-13H2,2-4H3. The second-order valence-corrected chi connectivity index (χ2v) is 6.20. The van der Waals surface area contributed by atoms with E-state index in [0.29, 0.717) is 24.2 Å². The number of ether oxygens (including phenoxy) is 1. The molecule has 104 valence electrons. The molecule has 2 nitrogen and oxygen atoms in total. The largest absolute Gasteiger partial charge is 0.368 e. The Balaban J connectivity index is 2.63. The van der Waals surface area contributed by atoms with Gasteiger partial charge >= 0.3 is 0 Å². The van der Waals surface area contributed by atoms with E-state index in [1.54, 1.807) is 0 Å². The van der Waals surface area contributed by atoms with Gasteiger partial charge in [0, 0.05) is 13.0 Å². The smallest absolute Gasteiger partial charge is 0.164 e. The second-order valence-electron chi connectivity index (χ2n) is 6.20. The van der Waals surface area contributed by atoms with Crippen LogP contribution in [-0.4, -0.2) is 18.0 Å². The van der Waals surface area contributed by atoms with Crippen LogP contribution in [-0.2, 0) is 9.53 Å². The van der Waals surface area contributed by atoms with Crippen LogP contribution in [0.5, 0.6) is 0 Å². The average Bonchev–Trinajstić information content (AvgIpc) is 2.33. The lowest BCUT2D eigenvalue weighted by Crippen LogP contribution is -2.46. The number of hydrogen-bond donors (Lipinski definition) is 0. The van der Waals surface area contributed by atoms with Crippen LogP contribution in [0.25, 0.3) is 0 Å². The number of rotatable bonds is 7. The molecule has 1 fully saturated rings. The maximum Gasteiger partial charge on any atom is 0.164 e. The summed E-state index contributed by atoms with van der Waals surface area (Å²) in [6.07, 6.45) is 8.28. The highest BCUT2D eigenvalue weighted by atomic mass is 16.5. The summed E-state index contributed by atoms with van der Waals surface area (Å²) in [7, 11) is 0. The van der Waals surface area contributed by atoms with Crippen molar-refractivity contribution in [2.24, 2.45) is 5.41 Å². The van der Waals surface area contributed by atoms with E-state index in [2.05, 4.69) is 20.4 Å². The molecule has 0 spiro atoms. The normalized spacial score (nSPS) is 21.5. The molecular formula is C16H28O2. The van der Waals surface area contributed by atoms with Crippen LogP contribution in [0.1, 0.15) is 65.7 Å². The maximum atomic E-state index is 12.4. The van der Waals surface area contributed by atoms with Crippen molar-refractivity contribution < 1.29 is 9.53 Å². The maximum absolute atomic E-state index is 12.4. The van der Waals surface area contributed by atoms with E-state index >= 15 is 0 Å². The van der Waals surface area contributed by atoms with Crippen molar-refractivity contribution >= 4 is 5.78 Å². The van der Waals surface area contributed by atoms with E-state index < -0.39 is 5.60 Å². The van der Waals surface area contributed by atoms with Crippen LogP contribution in [0.2, 0.25) is 0 Å². The van der Waals surface area contributed by atoms with Crippen LogP contribution < -0.4 is 0 Å². The molecular weight excluding hydrogens is 224 g/mol. The molecule has 0 unspecified atom stereocenters. The summed E-state index contributed by atoms with van der Waals surface area (Å²) in [5, 5.41) is 0. The summed E-state index contributed by atoms with van der Waals surface area (Å²) in [4.78, 5) is 12.4. The Labute approximate surface area is 112 Å². The highest BCUT2D eigenvalue weighted by Gasteiger charge is 2.43. The van der Waals surface area contributed by atoms with Crippen molar-refractivity contribution in [3.05, 3.63) is 12.7 Å². The second kappa shape index (κ2) is 6.51. The third-order valence-electron chi connectivity index (χ3n) is 4.15. The van der Waals surface area contributed by atoms with Crippen LogP contribution >= 0.6 is 0 Å². The van der Waals surface area contributed by atoms with Crippen LogP contribution in [0, 0.1) is 5.41 Å². The number of allylic oxidation sites excluding steroid dienone is 1. The molecule has 0 aromatic rings. The van der Waals surface area contributed by atoms with Gasteiger partial charge in [-0.2, -0.15) is 0 Å². The molecule has 1 saturated carbocycles. The lowest BCUT2D eigenvalue weighted by Gasteiger charge is -2.42. The molecule has 0 aromatic carbocycles. The number of carbonyl (C=O) groups excluding carboxylic acids is 1. The molecule has 0 aromatic heterocycles. The molecule has 0 amide bonds. The molecule has 0 N–H and O–H groups in total. The van der Waals surface area contributed by atoms with Crippen molar-refractivity contribution in [1.29, 1.82) is 0 Å². The zero-order valence-corrected chi connectivity index (χ0v) is 12.3. The van der Waals surface area contributed by atoms with Gasteiger partial charge in [-0.3, -0.25) is 4.79 Å². The molecule has 1 aliphatic carbocycles. The first-order chi connectivity index (χ1) is 8.46. The summed E-state index contributed by atoms with van der Waals surface area (Å²) < 4.78 is 5.88. The summed E-state index contributed by atoms with van der Waals surface area (Å²) in [5.74, 6) is 0.307. The van der Waals surface area contributed by atoms with Gasteiger partial charge in [0.15, 0.2) is 5.78 Å². The molecule has 1 rings (SSSR count). The number of Topliss-reactive ketones (excluding diaryl/α,β-unsaturated/α-hetero) is 1. The molecule has 18 heavy (non-hydrogen) atoms. The van der Waals surface area contributed by atoms with E-state index in [1.807, 2.05) is 13.0 Å². The van der Waals surface area contributed by atoms with Crippen molar-refractivity contribution in [3.8, 4) is 0 Å². The van der Waals surface area contributed by atoms with Crippen molar-refractivity contribution in [1.82, 2.24) is 0 Å². The van der Waals surface area contributed by atoms with Gasteiger partial charge in [0.25, 0.3) is 0 Å². The predicted molar refractivity (Wildman–Crippen MR) is 75.7 cm³/mol. The minimum atomic E-state index is -0.481. The summed E-state index contributed by atoms with van der Waals surface area (Å²) in [6, 6.07) is 0. The molecule has 0 heterocycles. The Kier molecular flexibility index (Phi) is 5.58. The van der Waals surface area contributed by atoms with E-state index in [9.17, 15) is 4.79 Å². The Hall–Kier alpha value is -0.630. The molecule has 0 radical (unpaired) electrons. The fourth-order valence-electron chi connectivity index (χ4n) is 2.75. The zero-order valence-electron chi connectivity index (χ0n) is 12.3. The minimum Gasteiger partial charge on any atom is -0.368 e. The van der Waals surface area contributed by atoms with Crippen molar-refractivity contribution in [2.75, 3.05) is 6.61 Å².